The molecule has 1 heterocycles. The summed E-state index contributed by atoms with van der Waals surface area (Å²) in [6, 6.07) is 3.18. The van der Waals surface area contributed by atoms with Crippen molar-refractivity contribution >= 4 is 0 Å². The lowest BCUT2D eigenvalue weighted by Crippen LogP contribution is -2.52. The Morgan fingerprint density at radius 3 is 2.88 bits per heavy atom. The first-order valence-electron chi connectivity index (χ1n) is 7.09. The molecule has 0 spiro atoms. The van der Waals surface area contributed by atoms with Crippen LogP contribution in [0.4, 0.5) is 0 Å². The van der Waals surface area contributed by atoms with Gasteiger partial charge < -0.3 is 4.90 Å². The highest BCUT2D eigenvalue weighted by molar-refractivity contribution is 5.11. The van der Waals surface area contributed by atoms with Gasteiger partial charge in [0.25, 0.3) is 0 Å². The van der Waals surface area contributed by atoms with E-state index >= 15 is 0 Å². The van der Waals surface area contributed by atoms with E-state index in [1.165, 1.54) is 32.4 Å². The van der Waals surface area contributed by atoms with Crippen LogP contribution in [-0.2, 0) is 0 Å². The van der Waals surface area contributed by atoms with Crippen molar-refractivity contribution in [1.29, 1.82) is 5.26 Å². The van der Waals surface area contributed by atoms with Gasteiger partial charge in [-0.1, -0.05) is 13.8 Å². The molecule has 1 aliphatic heterocycles. The molecule has 3 nitrogen and oxygen atoms in total. The van der Waals surface area contributed by atoms with Crippen LogP contribution >= 0.6 is 0 Å². The minimum absolute atomic E-state index is 0.247. The Labute approximate surface area is 105 Å². The van der Waals surface area contributed by atoms with Crippen molar-refractivity contribution in [1.82, 2.24) is 10.2 Å². The summed E-state index contributed by atoms with van der Waals surface area (Å²) in [6.07, 6.45) is 5.84. The maximum absolute atomic E-state index is 9.45. The summed E-state index contributed by atoms with van der Waals surface area (Å²) in [5.74, 6) is 0.840. The van der Waals surface area contributed by atoms with E-state index < -0.39 is 0 Å². The van der Waals surface area contributed by atoms with Crippen LogP contribution in [-0.4, -0.2) is 36.1 Å². The summed E-state index contributed by atoms with van der Waals surface area (Å²) < 4.78 is 0. The topological polar surface area (TPSA) is 39.1 Å². The van der Waals surface area contributed by atoms with Crippen molar-refractivity contribution in [3.05, 3.63) is 0 Å². The molecule has 0 amide bonds. The molecule has 3 atom stereocenters. The van der Waals surface area contributed by atoms with Crippen LogP contribution in [0.2, 0.25) is 0 Å². The molecule has 1 aliphatic carbocycles. The molecule has 2 fully saturated rings. The molecule has 2 rings (SSSR count). The molecular formula is C14H25N3. The predicted molar refractivity (Wildman–Crippen MR) is 69.6 cm³/mol. The Morgan fingerprint density at radius 2 is 2.29 bits per heavy atom. The highest BCUT2D eigenvalue weighted by Crippen LogP contribution is 2.33. The molecule has 0 bridgehead atoms. The van der Waals surface area contributed by atoms with Gasteiger partial charge in [-0.15, -0.1) is 0 Å². The zero-order chi connectivity index (χ0) is 12.3. The summed E-state index contributed by atoms with van der Waals surface area (Å²) >= 11 is 0. The highest BCUT2D eigenvalue weighted by atomic mass is 15.2. The first-order chi connectivity index (χ1) is 8.19. The second-order valence-electron chi connectivity index (χ2n) is 5.86. The maximum atomic E-state index is 9.45. The number of nitrogens with one attached hydrogen (secondary N) is 1. The first kappa shape index (κ1) is 12.9. The van der Waals surface area contributed by atoms with E-state index in [1.807, 2.05) is 0 Å². The fourth-order valence-electron chi connectivity index (χ4n) is 3.50. The summed E-state index contributed by atoms with van der Waals surface area (Å²) in [5, 5.41) is 12.9. The molecule has 96 valence electrons. The highest BCUT2D eigenvalue weighted by Gasteiger charge is 2.39. The van der Waals surface area contributed by atoms with E-state index in [0.717, 1.165) is 25.3 Å². The van der Waals surface area contributed by atoms with Crippen molar-refractivity contribution in [3.63, 3.8) is 0 Å². The molecule has 3 unspecified atom stereocenters. The standard InChI is InChI=1S/C14H25N3/c1-3-16-14(11-15)7-4-5-13(9-14)17-8-6-12(2)10-17/h12-13,16H,3-10H2,1-2H3. The predicted octanol–water partition coefficient (Wildman–Crippen LogP) is 2.14. The zero-order valence-electron chi connectivity index (χ0n) is 11.2. The van der Waals surface area contributed by atoms with E-state index in [2.05, 4.69) is 30.1 Å². The minimum atomic E-state index is -0.247. The Kier molecular flexibility index (Phi) is 4.06. The molecule has 1 saturated heterocycles. The third-order valence-corrected chi connectivity index (χ3v) is 4.43. The molecule has 3 heteroatoms. The number of nitriles is 1. The van der Waals surface area contributed by atoms with Gasteiger partial charge in [0.1, 0.15) is 5.54 Å². The van der Waals surface area contributed by atoms with Gasteiger partial charge in [-0.3, -0.25) is 5.32 Å². The smallest absolute Gasteiger partial charge is 0.108 e. The third-order valence-electron chi connectivity index (χ3n) is 4.43. The molecule has 0 aromatic carbocycles. The fourth-order valence-corrected chi connectivity index (χ4v) is 3.50. The van der Waals surface area contributed by atoms with Crippen LogP contribution in [0.25, 0.3) is 0 Å². The van der Waals surface area contributed by atoms with E-state index in [4.69, 9.17) is 0 Å². The first-order valence-corrected chi connectivity index (χ1v) is 7.09. The van der Waals surface area contributed by atoms with Gasteiger partial charge >= 0.3 is 0 Å². The molecule has 1 saturated carbocycles. The molecular weight excluding hydrogens is 210 g/mol. The van der Waals surface area contributed by atoms with Crippen LogP contribution in [0.1, 0.15) is 46.0 Å². The zero-order valence-corrected chi connectivity index (χ0v) is 11.2. The molecule has 0 aromatic rings. The lowest BCUT2D eigenvalue weighted by Gasteiger charge is -2.40. The van der Waals surface area contributed by atoms with E-state index in [1.54, 1.807) is 0 Å². The molecule has 0 aromatic heterocycles. The SMILES string of the molecule is CCNC1(C#N)CCCC(N2CCC(C)C2)C1. The van der Waals surface area contributed by atoms with Crippen molar-refractivity contribution in [2.75, 3.05) is 19.6 Å². The maximum Gasteiger partial charge on any atom is 0.108 e. The summed E-state index contributed by atoms with van der Waals surface area (Å²) in [4.78, 5) is 2.62. The molecule has 1 N–H and O–H groups in total. The fraction of sp³-hybridized carbons (Fsp3) is 0.929. The van der Waals surface area contributed by atoms with Gasteiger partial charge in [-0.05, 0) is 51.1 Å². The third kappa shape index (κ3) is 2.81. The lowest BCUT2D eigenvalue weighted by molar-refractivity contribution is 0.141. The number of nitrogens with zero attached hydrogens (tertiary/aromatic N) is 2. The van der Waals surface area contributed by atoms with Crippen molar-refractivity contribution in [2.45, 2.75) is 57.5 Å². The van der Waals surface area contributed by atoms with Crippen LogP contribution < -0.4 is 5.32 Å². The van der Waals surface area contributed by atoms with Crippen molar-refractivity contribution < 1.29 is 0 Å². The molecule has 0 radical (unpaired) electrons. The summed E-state index contributed by atoms with van der Waals surface area (Å²) in [6.45, 7) is 7.81. The quantitative estimate of drug-likeness (QED) is 0.814. The lowest BCUT2D eigenvalue weighted by atomic mass is 9.79. The van der Waals surface area contributed by atoms with Gasteiger partial charge in [-0.2, -0.15) is 5.26 Å². The Hall–Kier alpha value is -0.590. The number of rotatable bonds is 3. The average Bonchev–Trinajstić information content (AvgIpc) is 2.77. The van der Waals surface area contributed by atoms with E-state index in [9.17, 15) is 5.26 Å². The van der Waals surface area contributed by atoms with Crippen LogP contribution in [0.5, 0.6) is 0 Å². The van der Waals surface area contributed by atoms with Crippen LogP contribution in [0, 0.1) is 17.2 Å². The van der Waals surface area contributed by atoms with Gasteiger partial charge in [0, 0.05) is 12.6 Å². The Bertz CT molecular complexity index is 292. The van der Waals surface area contributed by atoms with Gasteiger partial charge in [0.15, 0.2) is 0 Å². The normalized spacial score (nSPS) is 39.1. The van der Waals surface area contributed by atoms with Gasteiger partial charge in [0.2, 0.25) is 0 Å². The van der Waals surface area contributed by atoms with Crippen molar-refractivity contribution in [3.8, 4) is 6.07 Å². The number of likely N-dealkylation sites (tertiary alicyclic amines) is 1. The van der Waals surface area contributed by atoms with E-state index in [-0.39, 0.29) is 5.54 Å². The molecule has 17 heavy (non-hydrogen) atoms. The summed E-state index contributed by atoms with van der Waals surface area (Å²) in [5.41, 5.74) is -0.247. The molecule has 2 aliphatic rings. The van der Waals surface area contributed by atoms with Gasteiger partial charge in [0.05, 0.1) is 6.07 Å². The second-order valence-corrected chi connectivity index (χ2v) is 5.86. The van der Waals surface area contributed by atoms with Gasteiger partial charge in [-0.25, -0.2) is 0 Å². The van der Waals surface area contributed by atoms with Crippen LogP contribution in [0.15, 0.2) is 0 Å². The average molecular weight is 235 g/mol. The Balaban J connectivity index is 1.99. The minimum Gasteiger partial charge on any atom is -0.300 e. The Morgan fingerprint density at radius 1 is 1.47 bits per heavy atom. The number of hydrogen-bond donors (Lipinski definition) is 1. The number of hydrogen-bond acceptors (Lipinski definition) is 3. The van der Waals surface area contributed by atoms with Crippen LogP contribution in [0.3, 0.4) is 0 Å². The summed E-state index contributed by atoms with van der Waals surface area (Å²) in [7, 11) is 0. The van der Waals surface area contributed by atoms with Crippen molar-refractivity contribution in [2.24, 2.45) is 5.92 Å². The monoisotopic (exact) mass is 235 g/mol. The van der Waals surface area contributed by atoms with E-state index in [0.29, 0.717) is 6.04 Å². The second kappa shape index (κ2) is 5.37. The largest absolute Gasteiger partial charge is 0.300 e.